The highest BCUT2D eigenvalue weighted by atomic mass is 16.5. The lowest BCUT2D eigenvalue weighted by Gasteiger charge is -2.18. The fourth-order valence-electron chi connectivity index (χ4n) is 1.49. The number of hydrogen-bond acceptors (Lipinski definition) is 6. The van der Waals surface area contributed by atoms with Gasteiger partial charge in [-0.15, -0.1) is 10.2 Å². The molecule has 0 aliphatic carbocycles. The molecular formula is C14H27N3O3. The molecule has 0 fully saturated rings. The number of rotatable bonds is 9. The van der Waals surface area contributed by atoms with Crippen molar-refractivity contribution < 1.29 is 13.9 Å². The second-order valence-corrected chi connectivity index (χ2v) is 5.90. The van der Waals surface area contributed by atoms with Crippen molar-refractivity contribution in [2.45, 2.75) is 53.4 Å². The van der Waals surface area contributed by atoms with E-state index in [1.807, 2.05) is 6.92 Å². The molecule has 2 N–H and O–H groups in total. The summed E-state index contributed by atoms with van der Waals surface area (Å²) >= 11 is 0. The maximum Gasteiger partial charge on any atom is 0.242 e. The van der Waals surface area contributed by atoms with Crippen molar-refractivity contribution in [1.82, 2.24) is 10.2 Å². The van der Waals surface area contributed by atoms with E-state index in [-0.39, 0.29) is 6.10 Å². The lowest BCUT2D eigenvalue weighted by molar-refractivity contribution is 0.0248. The summed E-state index contributed by atoms with van der Waals surface area (Å²) in [5.41, 5.74) is 6.05. The standard InChI is InChI=1S/C14H27N3O3/c1-9(2)6-18-8-12-16-17-14(20-12)13(15)11(5)19-7-10(3)4/h9-11,13H,6-8,15H2,1-5H3/t11?,13-/m0/s1. The average molecular weight is 285 g/mol. The van der Waals surface area contributed by atoms with Crippen molar-refractivity contribution in [3.8, 4) is 0 Å². The second kappa shape index (κ2) is 8.34. The molecule has 1 aromatic heterocycles. The summed E-state index contributed by atoms with van der Waals surface area (Å²) in [5.74, 6) is 1.79. The minimum Gasteiger partial charge on any atom is -0.421 e. The molecule has 1 aromatic rings. The quantitative estimate of drug-likeness (QED) is 0.749. The third kappa shape index (κ3) is 5.98. The predicted octanol–water partition coefficient (Wildman–Crippen LogP) is 2.30. The summed E-state index contributed by atoms with van der Waals surface area (Å²) in [6.07, 6.45) is -0.165. The summed E-state index contributed by atoms with van der Waals surface area (Å²) in [7, 11) is 0. The Balaban J connectivity index is 2.44. The summed E-state index contributed by atoms with van der Waals surface area (Å²) < 4.78 is 16.6. The van der Waals surface area contributed by atoms with E-state index in [0.717, 1.165) is 0 Å². The van der Waals surface area contributed by atoms with Crippen LogP contribution in [0, 0.1) is 11.8 Å². The van der Waals surface area contributed by atoms with E-state index in [1.165, 1.54) is 0 Å². The Morgan fingerprint density at radius 1 is 1.05 bits per heavy atom. The van der Waals surface area contributed by atoms with Crippen LogP contribution in [0.15, 0.2) is 4.42 Å². The number of nitrogens with zero attached hydrogens (tertiary/aromatic N) is 2. The molecule has 0 aliphatic rings. The van der Waals surface area contributed by atoms with Crippen molar-refractivity contribution >= 4 is 0 Å². The zero-order valence-corrected chi connectivity index (χ0v) is 13.1. The maximum atomic E-state index is 6.05. The van der Waals surface area contributed by atoms with Crippen molar-refractivity contribution in [2.24, 2.45) is 17.6 Å². The Bertz CT molecular complexity index is 379. The minimum absolute atomic E-state index is 0.165. The number of nitrogens with two attached hydrogens (primary N) is 1. The van der Waals surface area contributed by atoms with Gasteiger partial charge in [0.1, 0.15) is 12.6 Å². The van der Waals surface area contributed by atoms with Crippen LogP contribution in [0.5, 0.6) is 0 Å². The minimum atomic E-state index is -0.417. The van der Waals surface area contributed by atoms with Crippen LogP contribution in [0.2, 0.25) is 0 Å². The van der Waals surface area contributed by atoms with E-state index in [9.17, 15) is 0 Å². The normalized spacial score (nSPS) is 15.0. The molecule has 6 nitrogen and oxygen atoms in total. The highest BCUT2D eigenvalue weighted by Crippen LogP contribution is 2.16. The summed E-state index contributed by atoms with van der Waals surface area (Å²) in [6, 6.07) is -0.417. The maximum absolute atomic E-state index is 6.05. The van der Waals surface area contributed by atoms with Gasteiger partial charge in [0.15, 0.2) is 0 Å². The van der Waals surface area contributed by atoms with Crippen LogP contribution in [0.3, 0.4) is 0 Å². The Morgan fingerprint density at radius 2 is 1.70 bits per heavy atom. The van der Waals surface area contributed by atoms with Crippen LogP contribution in [-0.4, -0.2) is 29.5 Å². The largest absolute Gasteiger partial charge is 0.421 e. The van der Waals surface area contributed by atoms with Crippen molar-refractivity contribution in [3.05, 3.63) is 11.8 Å². The molecule has 0 saturated heterocycles. The molecule has 116 valence electrons. The molecule has 0 amide bonds. The van der Waals surface area contributed by atoms with Gasteiger partial charge < -0.3 is 19.6 Å². The molecule has 1 heterocycles. The molecule has 0 saturated carbocycles. The van der Waals surface area contributed by atoms with E-state index in [1.54, 1.807) is 0 Å². The molecule has 0 aromatic carbocycles. The SMILES string of the molecule is CC(C)COCc1nnc([C@@H](N)C(C)OCC(C)C)o1. The predicted molar refractivity (Wildman–Crippen MR) is 76.0 cm³/mol. The van der Waals surface area contributed by atoms with E-state index in [4.69, 9.17) is 19.6 Å². The van der Waals surface area contributed by atoms with Crippen molar-refractivity contribution in [3.63, 3.8) is 0 Å². The van der Waals surface area contributed by atoms with Gasteiger partial charge in [-0.05, 0) is 18.8 Å². The van der Waals surface area contributed by atoms with E-state index in [2.05, 4.69) is 37.9 Å². The van der Waals surface area contributed by atoms with Crippen LogP contribution >= 0.6 is 0 Å². The fourth-order valence-corrected chi connectivity index (χ4v) is 1.49. The topological polar surface area (TPSA) is 83.4 Å². The molecular weight excluding hydrogens is 258 g/mol. The Hall–Kier alpha value is -0.980. The highest BCUT2D eigenvalue weighted by molar-refractivity contribution is 4.91. The molecule has 2 atom stereocenters. The molecule has 0 spiro atoms. The Labute approximate surface area is 121 Å². The first kappa shape index (κ1) is 17.1. The van der Waals surface area contributed by atoms with Crippen LogP contribution < -0.4 is 5.73 Å². The number of aromatic nitrogens is 2. The van der Waals surface area contributed by atoms with Crippen LogP contribution in [0.4, 0.5) is 0 Å². The lowest BCUT2D eigenvalue weighted by Crippen LogP contribution is -2.27. The fraction of sp³-hybridized carbons (Fsp3) is 0.857. The zero-order valence-electron chi connectivity index (χ0n) is 13.1. The van der Waals surface area contributed by atoms with Gasteiger partial charge in [0.05, 0.1) is 6.10 Å². The smallest absolute Gasteiger partial charge is 0.242 e. The van der Waals surface area contributed by atoms with Crippen LogP contribution in [-0.2, 0) is 16.1 Å². The van der Waals surface area contributed by atoms with Gasteiger partial charge in [0.25, 0.3) is 0 Å². The Kier molecular flexibility index (Phi) is 7.12. The number of hydrogen-bond donors (Lipinski definition) is 1. The molecule has 0 aliphatic heterocycles. The molecule has 20 heavy (non-hydrogen) atoms. The van der Waals surface area contributed by atoms with Gasteiger partial charge >= 0.3 is 0 Å². The average Bonchev–Trinajstić information content (AvgIpc) is 2.83. The summed E-state index contributed by atoms with van der Waals surface area (Å²) in [6.45, 7) is 11.9. The third-order valence-corrected chi connectivity index (χ3v) is 2.64. The summed E-state index contributed by atoms with van der Waals surface area (Å²) in [4.78, 5) is 0. The Morgan fingerprint density at radius 3 is 2.30 bits per heavy atom. The second-order valence-electron chi connectivity index (χ2n) is 5.90. The van der Waals surface area contributed by atoms with Crippen LogP contribution in [0.1, 0.15) is 52.4 Å². The van der Waals surface area contributed by atoms with Gasteiger partial charge in [-0.2, -0.15) is 0 Å². The number of ether oxygens (including phenoxy) is 2. The van der Waals surface area contributed by atoms with Gasteiger partial charge in [0.2, 0.25) is 11.8 Å². The van der Waals surface area contributed by atoms with Gasteiger partial charge in [0, 0.05) is 13.2 Å². The lowest BCUT2D eigenvalue weighted by atomic mass is 10.2. The highest BCUT2D eigenvalue weighted by Gasteiger charge is 2.22. The van der Waals surface area contributed by atoms with E-state index >= 15 is 0 Å². The van der Waals surface area contributed by atoms with Gasteiger partial charge in [-0.25, -0.2) is 0 Å². The summed E-state index contributed by atoms with van der Waals surface area (Å²) in [5, 5.41) is 7.89. The molecule has 0 bridgehead atoms. The first-order chi connectivity index (χ1) is 9.40. The van der Waals surface area contributed by atoms with Gasteiger partial charge in [-0.3, -0.25) is 0 Å². The van der Waals surface area contributed by atoms with Crippen molar-refractivity contribution in [2.75, 3.05) is 13.2 Å². The first-order valence-electron chi connectivity index (χ1n) is 7.17. The monoisotopic (exact) mass is 285 g/mol. The third-order valence-electron chi connectivity index (χ3n) is 2.64. The molecule has 6 heteroatoms. The zero-order chi connectivity index (χ0) is 15.1. The van der Waals surface area contributed by atoms with Crippen LogP contribution in [0.25, 0.3) is 0 Å². The molecule has 0 radical (unpaired) electrons. The molecule has 1 unspecified atom stereocenters. The van der Waals surface area contributed by atoms with Gasteiger partial charge in [-0.1, -0.05) is 27.7 Å². The molecule has 1 rings (SSSR count). The van der Waals surface area contributed by atoms with E-state index in [0.29, 0.717) is 43.4 Å². The first-order valence-corrected chi connectivity index (χ1v) is 7.17. The van der Waals surface area contributed by atoms with Crippen molar-refractivity contribution in [1.29, 1.82) is 0 Å². The van der Waals surface area contributed by atoms with E-state index < -0.39 is 6.04 Å².